The van der Waals surface area contributed by atoms with Crippen LogP contribution in [0, 0.1) is 11.8 Å². The van der Waals surface area contributed by atoms with Crippen LogP contribution < -0.4 is 9.64 Å². The summed E-state index contributed by atoms with van der Waals surface area (Å²) in [5, 5.41) is 9.54. The Morgan fingerprint density at radius 2 is 1.78 bits per heavy atom. The van der Waals surface area contributed by atoms with E-state index in [1.807, 2.05) is 48.5 Å². The molecule has 1 saturated carbocycles. The Labute approximate surface area is 191 Å². The molecule has 2 aromatic heterocycles. The second-order valence-corrected chi connectivity index (χ2v) is 9.27. The lowest BCUT2D eigenvalue weighted by molar-refractivity contribution is -0.123. The Morgan fingerprint density at radius 1 is 1.09 bits per heavy atom. The van der Waals surface area contributed by atoms with Crippen molar-refractivity contribution in [2.45, 2.75) is 39.2 Å². The van der Waals surface area contributed by atoms with Crippen molar-refractivity contribution >= 4 is 29.1 Å². The zero-order chi connectivity index (χ0) is 22.5. The van der Waals surface area contributed by atoms with Gasteiger partial charge in [-0.05, 0) is 60.9 Å². The Balaban J connectivity index is 1.74. The van der Waals surface area contributed by atoms with E-state index in [2.05, 4.69) is 11.9 Å². The smallest absolute Gasteiger partial charge is 0.449 e. The summed E-state index contributed by atoms with van der Waals surface area (Å²) in [6.07, 6.45) is 5.73. The second-order valence-electron chi connectivity index (χ2n) is 8.25. The molecular weight excluding hydrogens is 424 g/mol. The number of anilines is 1. The van der Waals surface area contributed by atoms with Gasteiger partial charge >= 0.3 is 6.16 Å². The number of hydrogen-bond acceptors (Lipinski definition) is 5. The van der Waals surface area contributed by atoms with Crippen molar-refractivity contribution in [2.24, 2.45) is 11.8 Å². The molecule has 4 rings (SSSR count). The zero-order valence-electron chi connectivity index (χ0n) is 17.9. The number of pyridine rings is 1. The van der Waals surface area contributed by atoms with Gasteiger partial charge < -0.3 is 14.7 Å². The molecule has 0 saturated heterocycles. The fourth-order valence-corrected chi connectivity index (χ4v) is 5.14. The lowest BCUT2D eigenvalue weighted by Crippen LogP contribution is -2.37. The molecule has 0 spiro atoms. The van der Waals surface area contributed by atoms with Gasteiger partial charge in [0.2, 0.25) is 11.0 Å². The first kappa shape index (κ1) is 22.0. The SMILES string of the molecule is CC1CCC(C(=O)N(Cc2ccncc2)c2cc(-c3ccccc3)sc2OC(=O)O)CC1. The van der Waals surface area contributed by atoms with Crippen molar-refractivity contribution in [2.75, 3.05) is 4.90 Å². The number of aromatic nitrogens is 1. The van der Waals surface area contributed by atoms with Crippen molar-refractivity contribution < 1.29 is 19.4 Å². The second kappa shape index (κ2) is 9.96. The maximum atomic E-state index is 13.7. The molecule has 0 unspecified atom stereocenters. The molecular formula is C25H26N2O4S. The molecule has 0 aliphatic heterocycles. The van der Waals surface area contributed by atoms with E-state index in [9.17, 15) is 14.7 Å². The topological polar surface area (TPSA) is 79.7 Å². The van der Waals surface area contributed by atoms with E-state index in [4.69, 9.17) is 4.74 Å². The number of carbonyl (C=O) groups excluding carboxylic acids is 1. The molecule has 1 amide bonds. The summed E-state index contributed by atoms with van der Waals surface area (Å²) in [6.45, 7) is 2.55. The van der Waals surface area contributed by atoms with E-state index >= 15 is 0 Å². The first-order chi connectivity index (χ1) is 15.5. The van der Waals surface area contributed by atoms with E-state index in [0.29, 0.717) is 18.2 Å². The Hall–Kier alpha value is -3.19. The molecule has 7 heteroatoms. The largest absolute Gasteiger partial charge is 0.512 e. The number of carboxylic acid groups (broad SMARTS) is 1. The van der Waals surface area contributed by atoms with Crippen LogP contribution in [0.4, 0.5) is 10.5 Å². The lowest BCUT2D eigenvalue weighted by atomic mass is 9.82. The number of benzene rings is 1. The van der Waals surface area contributed by atoms with Gasteiger partial charge in [-0.2, -0.15) is 0 Å². The molecule has 1 N–H and O–H groups in total. The number of rotatable bonds is 6. The van der Waals surface area contributed by atoms with Gasteiger partial charge in [0, 0.05) is 23.2 Å². The highest BCUT2D eigenvalue weighted by atomic mass is 32.1. The molecule has 32 heavy (non-hydrogen) atoms. The predicted molar refractivity (Wildman–Crippen MR) is 125 cm³/mol. The molecule has 1 aliphatic rings. The first-order valence-corrected chi connectivity index (χ1v) is 11.6. The first-order valence-electron chi connectivity index (χ1n) is 10.8. The third kappa shape index (κ3) is 5.16. The van der Waals surface area contributed by atoms with Crippen molar-refractivity contribution in [3.8, 4) is 15.5 Å². The summed E-state index contributed by atoms with van der Waals surface area (Å²) >= 11 is 1.23. The molecule has 0 atom stereocenters. The van der Waals surface area contributed by atoms with Gasteiger partial charge in [0.1, 0.15) is 0 Å². The van der Waals surface area contributed by atoms with E-state index in [1.165, 1.54) is 11.3 Å². The Kier molecular flexibility index (Phi) is 6.85. The van der Waals surface area contributed by atoms with Crippen LogP contribution in [0.5, 0.6) is 5.06 Å². The van der Waals surface area contributed by atoms with Gasteiger partial charge in [-0.3, -0.25) is 9.78 Å². The van der Waals surface area contributed by atoms with E-state index in [1.54, 1.807) is 17.3 Å². The summed E-state index contributed by atoms with van der Waals surface area (Å²) < 4.78 is 5.15. The number of carbonyl (C=O) groups is 2. The number of hydrogen-bond donors (Lipinski definition) is 1. The fraction of sp³-hybridized carbons (Fsp3) is 0.320. The highest BCUT2D eigenvalue weighted by molar-refractivity contribution is 7.18. The van der Waals surface area contributed by atoms with Crippen LogP contribution in [0.1, 0.15) is 38.2 Å². The summed E-state index contributed by atoms with van der Waals surface area (Å²) in [6, 6.07) is 15.3. The maximum Gasteiger partial charge on any atom is 0.512 e. The molecule has 1 aliphatic carbocycles. The van der Waals surface area contributed by atoms with Gasteiger partial charge in [-0.1, -0.05) is 48.6 Å². The van der Waals surface area contributed by atoms with Crippen molar-refractivity contribution in [1.82, 2.24) is 4.98 Å². The number of ether oxygens (including phenoxy) is 1. The molecule has 2 heterocycles. The molecule has 166 valence electrons. The minimum absolute atomic E-state index is 0.0152. The predicted octanol–water partition coefficient (Wildman–Crippen LogP) is 6.23. The molecule has 3 aromatic rings. The highest BCUT2D eigenvalue weighted by Gasteiger charge is 2.32. The fourth-order valence-electron chi connectivity index (χ4n) is 4.13. The summed E-state index contributed by atoms with van der Waals surface area (Å²) in [7, 11) is 0. The van der Waals surface area contributed by atoms with Crippen LogP contribution in [0.25, 0.3) is 10.4 Å². The summed E-state index contributed by atoms with van der Waals surface area (Å²) in [4.78, 5) is 31.7. The normalized spacial score (nSPS) is 18.2. The van der Waals surface area contributed by atoms with E-state index < -0.39 is 6.16 Å². The monoisotopic (exact) mass is 450 g/mol. The highest BCUT2D eigenvalue weighted by Crippen LogP contribution is 2.44. The van der Waals surface area contributed by atoms with Crippen LogP contribution in [0.15, 0.2) is 60.9 Å². The average Bonchev–Trinajstić information content (AvgIpc) is 3.21. The molecule has 0 radical (unpaired) electrons. The van der Waals surface area contributed by atoms with E-state index in [-0.39, 0.29) is 16.9 Å². The lowest BCUT2D eigenvalue weighted by Gasteiger charge is -2.31. The Bertz CT molecular complexity index is 1060. The molecule has 6 nitrogen and oxygen atoms in total. The van der Waals surface area contributed by atoms with Gasteiger partial charge in [0.25, 0.3) is 0 Å². The minimum atomic E-state index is -1.39. The van der Waals surface area contributed by atoms with Crippen LogP contribution >= 0.6 is 11.3 Å². The third-order valence-corrected chi connectivity index (χ3v) is 6.98. The van der Waals surface area contributed by atoms with E-state index in [0.717, 1.165) is 41.7 Å². The maximum absolute atomic E-state index is 13.7. The molecule has 1 aromatic carbocycles. The van der Waals surface area contributed by atoms with Crippen LogP contribution in [-0.2, 0) is 11.3 Å². The van der Waals surface area contributed by atoms with Gasteiger partial charge in [0.05, 0.1) is 12.2 Å². The van der Waals surface area contributed by atoms with Gasteiger partial charge in [-0.15, -0.1) is 0 Å². The number of amides is 1. The summed E-state index contributed by atoms with van der Waals surface area (Å²) in [5.41, 5.74) is 2.37. The van der Waals surface area contributed by atoms with Crippen molar-refractivity contribution in [3.63, 3.8) is 0 Å². The van der Waals surface area contributed by atoms with Crippen LogP contribution in [0.3, 0.4) is 0 Å². The quantitative estimate of drug-likeness (QED) is 0.451. The zero-order valence-corrected chi connectivity index (χ0v) is 18.8. The average molecular weight is 451 g/mol. The van der Waals surface area contributed by atoms with Crippen LogP contribution in [0.2, 0.25) is 0 Å². The number of thiophene rings is 1. The number of nitrogens with zero attached hydrogens (tertiary/aromatic N) is 2. The van der Waals surface area contributed by atoms with Gasteiger partial charge in [0.15, 0.2) is 0 Å². The van der Waals surface area contributed by atoms with Gasteiger partial charge in [-0.25, -0.2) is 4.79 Å². The summed E-state index contributed by atoms with van der Waals surface area (Å²) in [5.74, 6) is 0.566. The van der Waals surface area contributed by atoms with Crippen LogP contribution in [-0.4, -0.2) is 22.2 Å². The Morgan fingerprint density at radius 3 is 2.44 bits per heavy atom. The standard InChI is InChI=1S/C25H26N2O4S/c1-17-7-9-20(10-8-17)23(28)27(16-18-11-13-26-14-12-18)21-15-22(19-5-3-2-4-6-19)32-24(21)31-25(29)30/h2-6,11-15,17,20H,7-10,16H2,1H3,(H,29,30). The minimum Gasteiger partial charge on any atom is -0.449 e. The third-order valence-electron chi connectivity index (χ3n) is 5.93. The van der Waals surface area contributed by atoms with Crippen molar-refractivity contribution in [3.05, 3.63) is 66.5 Å². The molecule has 1 fully saturated rings. The molecule has 0 bridgehead atoms. The van der Waals surface area contributed by atoms with Crippen molar-refractivity contribution in [1.29, 1.82) is 0 Å².